The molecule has 0 fully saturated rings. The number of aromatic nitrogens is 1. The van der Waals surface area contributed by atoms with E-state index in [1.165, 1.54) is 0 Å². The summed E-state index contributed by atoms with van der Waals surface area (Å²) in [6.45, 7) is 0. The third-order valence-corrected chi connectivity index (χ3v) is 2.95. The van der Waals surface area contributed by atoms with E-state index in [0.29, 0.717) is 5.56 Å². The average Bonchev–Trinajstić information content (AvgIpc) is 2.55. The molecular weight excluding hydrogens is 222 g/mol. The summed E-state index contributed by atoms with van der Waals surface area (Å²) in [5, 5.41) is 0. The Morgan fingerprint density at radius 2 is 2.29 bits per heavy atom. The van der Waals surface area contributed by atoms with Crippen molar-refractivity contribution in [1.82, 2.24) is 4.98 Å². The van der Waals surface area contributed by atoms with Gasteiger partial charge in [-0.25, -0.2) is 0 Å². The number of carbonyl (C=O) groups is 1. The zero-order valence-electron chi connectivity index (χ0n) is 7.04. The second-order valence-electron chi connectivity index (χ2n) is 2.78. The van der Waals surface area contributed by atoms with Crippen molar-refractivity contribution in [1.29, 1.82) is 0 Å². The van der Waals surface area contributed by atoms with Crippen LogP contribution in [0.1, 0.15) is 10.4 Å². The Bertz CT molecular complexity index is 543. The van der Waals surface area contributed by atoms with Gasteiger partial charge in [0.2, 0.25) is 0 Å². The maximum atomic E-state index is 11.2. The van der Waals surface area contributed by atoms with Gasteiger partial charge in [0, 0.05) is 5.56 Å². The predicted octanol–water partition coefficient (Wildman–Crippen LogP) is 2.01. The molecule has 72 valence electrons. The molecule has 0 spiro atoms. The number of H-pyrrole nitrogens is 1. The van der Waals surface area contributed by atoms with Gasteiger partial charge in [0.25, 0.3) is 0 Å². The van der Waals surface area contributed by atoms with Gasteiger partial charge in [-0.1, -0.05) is 11.3 Å². The average molecular weight is 228 g/mol. The number of benzene rings is 1. The fourth-order valence-corrected chi connectivity index (χ4v) is 2.13. The van der Waals surface area contributed by atoms with Gasteiger partial charge >= 0.3 is 4.87 Å². The van der Waals surface area contributed by atoms with E-state index in [2.05, 4.69) is 4.98 Å². The molecule has 0 saturated heterocycles. The maximum absolute atomic E-state index is 11.2. The van der Waals surface area contributed by atoms with Crippen LogP contribution in [0.2, 0.25) is 0 Å². The molecule has 0 aliphatic carbocycles. The number of rotatable bonds is 2. The minimum absolute atomic E-state index is 0.0369. The van der Waals surface area contributed by atoms with E-state index < -0.39 is 0 Å². The molecule has 0 atom stereocenters. The molecule has 14 heavy (non-hydrogen) atoms. The van der Waals surface area contributed by atoms with Crippen molar-refractivity contribution in [2.24, 2.45) is 0 Å². The van der Waals surface area contributed by atoms with Crippen molar-refractivity contribution in [2.45, 2.75) is 0 Å². The molecule has 1 aromatic carbocycles. The van der Waals surface area contributed by atoms with Crippen molar-refractivity contribution in [3.05, 3.63) is 33.4 Å². The minimum atomic E-state index is -0.130. The number of fused-ring (bicyclic) bond motifs is 1. The van der Waals surface area contributed by atoms with Gasteiger partial charge in [-0.15, -0.1) is 11.6 Å². The van der Waals surface area contributed by atoms with Crippen LogP contribution in [0.3, 0.4) is 0 Å². The van der Waals surface area contributed by atoms with Crippen molar-refractivity contribution in [3.8, 4) is 0 Å². The summed E-state index contributed by atoms with van der Waals surface area (Å²) in [4.78, 5) is 24.8. The Kier molecular flexibility index (Phi) is 2.39. The van der Waals surface area contributed by atoms with Crippen molar-refractivity contribution < 1.29 is 4.79 Å². The molecule has 0 amide bonds. The normalized spacial score (nSPS) is 10.6. The van der Waals surface area contributed by atoms with Crippen LogP contribution in [-0.4, -0.2) is 16.6 Å². The second-order valence-corrected chi connectivity index (χ2v) is 4.06. The molecule has 2 aromatic rings. The highest BCUT2D eigenvalue weighted by atomic mass is 35.5. The molecule has 3 nitrogen and oxygen atoms in total. The summed E-state index contributed by atoms with van der Waals surface area (Å²) in [6.07, 6.45) is 0. The first-order valence-corrected chi connectivity index (χ1v) is 5.28. The fraction of sp³-hybridized carbons (Fsp3) is 0.111. The first-order valence-electron chi connectivity index (χ1n) is 3.93. The van der Waals surface area contributed by atoms with Crippen LogP contribution in [0.5, 0.6) is 0 Å². The number of aromatic amines is 1. The maximum Gasteiger partial charge on any atom is 0.305 e. The Morgan fingerprint density at radius 3 is 3.00 bits per heavy atom. The smallest absolute Gasteiger partial charge is 0.305 e. The highest BCUT2D eigenvalue weighted by molar-refractivity contribution is 7.16. The number of carbonyl (C=O) groups excluding carboxylic acids is 1. The Labute approximate surface area is 88.3 Å². The fourth-order valence-electron chi connectivity index (χ4n) is 1.20. The number of hydrogen-bond acceptors (Lipinski definition) is 3. The van der Waals surface area contributed by atoms with E-state index in [1.54, 1.807) is 18.2 Å². The molecular formula is C9H6ClNO2S. The number of Topliss-reactive ketones (excluding diaryl/α,β-unsaturated/α-hetero) is 1. The molecule has 2 rings (SSSR count). The van der Waals surface area contributed by atoms with Crippen LogP contribution in [0.4, 0.5) is 0 Å². The highest BCUT2D eigenvalue weighted by Gasteiger charge is 2.06. The summed E-state index contributed by atoms with van der Waals surface area (Å²) in [6, 6.07) is 5.06. The van der Waals surface area contributed by atoms with Gasteiger partial charge in [-0.2, -0.15) is 0 Å². The van der Waals surface area contributed by atoms with Crippen molar-refractivity contribution >= 4 is 38.9 Å². The first kappa shape index (κ1) is 9.43. The SMILES string of the molecule is O=C(CCl)c1ccc2[nH]c(=O)sc2c1. The minimum Gasteiger partial charge on any atom is -0.312 e. The summed E-state index contributed by atoms with van der Waals surface area (Å²) in [5.41, 5.74) is 1.30. The van der Waals surface area contributed by atoms with E-state index >= 15 is 0 Å². The lowest BCUT2D eigenvalue weighted by molar-refractivity contribution is 0.102. The molecule has 0 saturated carbocycles. The van der Waals surface area contributed by atoms with Crippen LogP contribution in [-0.2, 0) is 0 Å². The zero-order valence-corrected chi connectivity index (χ0v) is 8.61. The van der Waals surface area contributed by atoms with Crippen molar-refractivity contribution in [2.75, 3.05) is 5.88 Å². The van der Waals surface area contributed by atoms with E-state index in [4.69, 9.17) is 11.6 Å². The predicted molar refractivity (Wildman–Crippen MR) is 57.5 cm³/mol. The highest BCUT2D eigenvalue weighted by Crippen LogP contribution is 2.16. The van der Waals surface area contributed by atoms with Crippen LogP contribution < -0.4 is 4.87 Å². The van der Waals surface area contributed by atoms with Gasteiger partial charge in [0.05, 0.1) is 16.1 Å². The van der Waals surface area contributed by atoms with Gasteiger partial charge in [-0.05, 0) is 18.2 Å². The molecule has 5 heteroatoms. The molecule has 1 N–H and O–H groups in total. The number of thiazole rings is 1. The third kappa shape index (κ3) is 1.58. The number of hydrogen-bond donors (Lipinski definition) is 1. The van der Waals surface area contributed by atoms with Crippen molar-refractivity contribution in [3.63, 3.8) is 0 Å². The molecule has 1 aromatic heterocycles. The van der Waals surface area contributed by atoms with Gasteiger partial charge < -0.3 is 4.98 Å². The number of nitrogens with one attached hydrogen (secondary N) is 1. The summed E-state index contributed by atoms with van der Waals surface area (Å²) in [7, 11) is 0. The third-order valence-electron chi connectivity index (χ3n) is 1.86. The topological polar surface area (TPSA) is 49.9 Å². The molecule has 0 unspecified atom stereocenters. The van der Waals surface area contributed by atoms with E-state index in [0.717, 1.165) is 21.6 Å². The van der Waals surface area contributed by atoms with Crippen LogP contribution in [0, 0.1) is 0 Å². The lowest BCUT2D eigenvalue weighted by atomic mass is 10.1. The summed E-state index contributed by atoms with van der Waals surface area (Å²) in [5.74, 6) is -0.167. The Hall–Kier alpha value is -1.13. The van der Waals surface area contributed by atoms with Crippen LogP contribution in [0.15, 0.2) is 23.0 Å². The number of halogens is 1. The zero-order chi connectivity index (χ0) is 10.1. The molecule has 0 radical (unpaired) electrons. The summed E-state index contributed by atoms with van der Waals surface area (Å²) >= 11 is 6.51. The van der Waals surface area contributed by atoms with E-state index in [9.17, 15) is 9.59 Å². The number of alkyl halides is 1. The largest absolute Gasteiger partial charge is 0.312 e. The summed E-state index contributed by atoms with van der Waals surface area (Å²) < 4.78 is 0.783. The van der Waals surface area contributed by atoms with E-state index in [1.807, 2.05) is 0 Å². The molecule has 0 aliphatic rings. The first-order chi connectivity index (χ1) is 6.70. The second kappa shape index (κ2) is 3.55. The Morgan fingerprint density at radius 1 is 1.50 bits per heavy atom. The standard InChI is InChI=1S/C9H6ClNO2S/c10-4-7(12)5-1-2-6-8(3-5)14-9(13)11-6/h1-3H,4H2,(H,11,13). The Balaban J connectivity index is 2.61. The van der Waals surface area contributed by atoms with Gasteiger partial charge in [0.15, 0.2) is 5.78 Å². The lowest BCUT2D eigenvalue weighted by Crippen LogP contribution is -1.99. The molecule has 0 aliphatic heterocycles. The monoisotopic (exact) mass is 227 g/mol. The van der Waals surface area contributed by atoms with Crippen LogP contribution >= 0.6 is 22.9 Å². The number of ketones is 1. The van der Waals surface area contributed by atoms with Crippen LogP contribution in [0.25, 0.3) is 10.2 Å². The molecule has 0 bridgehead atoms. The van der Waals surface area contributed by atoms with Gasteiger partial charge in [-0.3, -0.25) is 9.59 Å². The quantitative estimate of drug-likeness (QED) is 0.630. The lowest BCUT2D eigenvalue weighted by Gasteiger charge is -1.95. The van der Waals surface area contributed by atoms with E-state index in [-0.39, 0.29) is 16.5 Å². The molecule has 1 heterocycles. The van der Waals surface area contributed by atoms with Gasteiger partial charge in [0.1, 0.15) is 0 Å².